The highest BCUT2D eigenvalue weighted by atomic mass is 35.5. The van der Waals surface area contributed by atoms with Crippen molar-refractivity contribution in [1.82, 2.24) is 10.2 Å². The first-order chi connectivity index (χ1) is 16.0. The lowest BCUT2D eigenvalue weighted by Crippen LogP contribution is -2.47. The number of amides is 3. The molecule has 0 atom stereocenters. The van der Waals surface area contributed by atoms with Gasteiger partial charge < -0.3 is 15.5 Å². The van der Waals surface area contributed by atoms with Gasteiger partial charge in [-0.1, -0.05) is 48.0 Å². The molecule has 0 saturated carbocycles. The van der Waals surface area contributed by atoms with E-state index in [0.717, 1.165) is 5.69 Å². The third-order valence-electron chi connectivity index (χ3n) is 5.67. The van der Waals surface area contributed by atoms with Crippen LogP contribution >= 0.6 is 11.6 Å². The summed E-state index contributed by atoms with van der Waals surface area (Å²) in [4.78, 5) is 40.2. The van der Waals surface area contributed by atoms with Crippen molar-refractivity contribution in [3.63, 3.8) is 0 Å². The minimum absolute atomic E-state index is 0.0723. The molecule has 3 aromatic carbocycles. The Kier molecular flexibility index (Phi) is 7.05. The fraction of sp³-hybridized carbons (Fsp3) is 0.192. The van der Waals surface area contributed by atoms with Gasteiger partial charge in [-0.3, -0.25) is 9.59 Å². The fourth-order valence-electron chi connectivity index (χ4n) is 3.85. The molecule has 6 nitrogen and oxygen atoms in total. The first-order valence-electron chi connectivity index (χ1n) is 10.8. The molecule has 1 aliphatic heterocycles. The van der Waals surface area contributed by atoms with Crippen LogP contribution in [0.5, 0.6) is 0 Å². The topological polar surface area (TPSA) is 78.5 Å². The monoisotopic (exact) mass is 461 g/mol. The van der Waals surface area contributed by atoms with E-state index in [4.69, 9.17) is 11.6 Å². The summed E-state index contributed by atoms with van der Waals surface area (Å²) in [5, 5.41) is 6.46. The van der Waals surface area contributed by atoms with Gasteiger partial charge in [-0.05, 0) is 55.3 Å². The second-order valence-electron chi connectivity index (χ2n) is 7.91. The Hall–Kier alpha value is -3.64. The molecule has 33 heavy (non-hydrogen) atoms. The number of carbonyl (C=O) groups excluding carboxylic acids is 3. The number of anilines is 1. The average molecular weight is 462 g/mol. The molecule has 0 aliphatic carbocycles. The molecule has 0 unspecified atom stereocenters. The molecular formula is C26H24ClN3O3. The van der Waals surface area contributed by atoms with E-state index < -0.39 is 0 Å². The number of ketones is 1. The molecule has 7 heteroatoms. The smallest absolute Gasteiger partial charge is 0.321 e. The molecule has 1 saturated heterocycles. The van der Waals surface area contributed by atoms with E-state index in [0.29, 0.717) is 47.6 Å². The molecule has 2 N–H and O–H groups in total. The summed E-state index contributed by atoms with van der Waals surface area (Å²) < 4.78 is 0. The maximum atomic E-state index is 13.0. The molecule has 4 rings (SSSR count). The first-order valence-corrected chi connectivity index (χ1v) is 11.2. The number of likely N-dealkylation sites (tertiary alicyclic amines) is 1. The minimum Gasteiger partial charge on any atom is -0.349 e. The lowest BCUT2D eigenvalue weighted by molar-refractivity contribution is 0.0910. The standard InChI is InChI=1S/C26H24ClN3O3/c27-19-12-10-18(11-13-19)24(31)22-8-4-5-9-23(22)25(32)28-21-14-16-30(17-15-21)26(33)29-20-6-2-1-3-7-20/h1-13,21H,14-17H2,(H,28,32)(H,29,33). The number of hydrogen-bond donors (Lipinski definition) is 2. The van der Waals surface area contributed by atoms with Crippen LogP contribution < -0.4 is 10.6 Å². The van der Waals surface area contributed by atoms with Gasteiger partial charge >= 0.3 is 6.03 Å². The number of halogens is 1. The summed E-state index contributed by atoms with van der Waals surface area (Å²) in [6.07, 6.45) is 1.28. The summed E-state index contributed by atoms with van der Waals surface area (Å²) in [7, 11) is 0. The molecule has 0 aromatic heterocycles. The van der Waals surface area contributed by atoms with Crippen LogP contribution in [0.3, 0.4) is 0 Å². The summed E-state index contributed by atoms with van der Waals surface area (Å²) in [5.74, 6) is -0.523. The fourth-order valence-corrected chi connectivity index (χ4v) is 3.98. The Bertz CT molecular complexity index is 1140. The zero-order valence-corrected chi connectivity index (χ0v) is 18.7. The molecule has 1 heterocycles. The number of benzene rings is 3. The quantitative estimate of drug-likeness (QED) is 0.525. The van der Waals surface area contributed by atoms with E-state index in [1.54, 1.807) is 53.4 Å². The van der Waals surface area contributed by atoms with Gasteiger partial charge in [-0.15, -0.1) is 0 Å². The van der Waals surface area contributed by atoms with E-state index in [9.17, 15) is 14.4 Å². The highest BCUT2D eigenvalue weighted by Gasteiger charge is 2.25. The molecule has 0 radical (unpaired) electrons. The highest BCUT2D eigenvalue weighted by Crippen LogP contribution is 2.19. The second kappa shape index (κ2) is 10.3. The van der Waals surface area contributed by atoms with Crippen LogP contribution in [0.1, 0.15) is 39.1 Å². The third kappa shape index (κ3) is 5.59. The van der Waals surface area contributed by atoms with Crippen LogP contribution in [-0.2, 0) is 0 Å². The highest BCUT2D eigenvalue weighted by molar-refractivity contribution is 6.30. The van der Waals surface area contributed by atoms with E-state index >= 15 is 0 Å². The molecule has 1 fully saturated rings. The van der Waals surface area contributed by atoms with Crippen molar-refractivity contribution >= 4 is 35.0 Å². The van der Waals surface area contributed by atoms with Crippen molar-refractivity contribution in [2.75, 3.05) is 18.4 Å². The van der Waals surface area contributed by atoms with Gasteiger partial charge in [-0.2, -0.15) is 0 Å². The summed E-state index contributed by atoms with van der Waals surface area (Å²) in [6, 6.07) is 22.5. The van der Waals surface area contributed by atoms with Crippen molar-refractivity contribution in [2.45, 2.75) is 18.9 Å². The van der Waals surface area contributed by atoms with Crippen molar-refractivity contribution in [3.8, 4) is 0 Å². The predicted octanol–water partition coefficient (Wildman–Crippen LogP) is 5.00. The van der Waals surface area contributed by atoms with Gasteiger partial charge in [0.25, 0.3) is 5.91 Å². The Morgan fingerprint density at radius 2 is 1.39 bits per heavy atom. The molecule has 3 aromatic rings. The van der Waals surface area contributed by atoms with Crippen LogP contribution in [-0.4, -0.2) is 41.8 Å². The lowest BCUT2D eigenvalue weighted by atomic mass is 9.97. The zero-order chi connectivity index (χ0) is 23.2. The number of rotatable bonds is 5. The van der Waals surface area contributed by atoms with Crippen molar-refractivity contribution in [1.29, 1.82) is 0 Å². The number of carbonyl (C=O) groups is 3. The molecule has 0 bridgehead atoms. The van der Waals surface area contributed by atoms with Crippen molar-refractivity contribution < 1.29 is 14.4 Å². The van der Waals surface area contributed by atoms with Crippen LogP contribution in [0, 0.1) is 0 Å². The van der Waals surface area contributed by atoms with Gasteiger partial charge in [0.2, 0.25) is 0 Å². The largest absolute Gasteiger partial charge is 0.349 e. The van der Waals surface area contributed by atoms with Gasteiger partial charge in [0, 0.05) is 41.0 Å². The van der Waals surface area contributed by atoms with E-state index in [-0.39, 0.29) is 23.8 Å². The average Bonchev–Trinajstić information content (AvgIpc) is 2.85. The number of piperidine rings is 1. The van der Waals surface area contributed by atoms with E-state index in [1.807, 2.05) is 30.3 Å². The molecule has 3 amide bonds. The summed E-state index contributed by atoms with van der Waals surface area (Å²) in [6.45, 7) is 1.07. The SMILES string of the molecule is O=C(NC1CCN(C(=O)Nc2ccccc2)CC1)c1ccccc1C(=O)c1ccc(Cl)cc1. The number of hydrogen-bond acceptors (Lipinski definition) is 3. The molecule has 168 valence electrons. The Morgan fingerprint density at radius 1 is 0.788 bits per heavy atom. The first kappa shape index (κ1) is 22.6. The van der Waals surface area contributed by atoms with Gasteiger partial charge in [0.1, 0.15) is 0 Å². The van der Waals surface area contributed by atoms with Crippen LogP contribution in [0.4, 0.5) is 10.5 Å². The number of nitrogens with one attached hydrogen (secondary N) is 2. The van der Waals surface area contributed by atoms with E-state index in [1.165, 1.54) is 0 Å². The summed E-state index contributed by atoms with van der Waals surface area (Å²) >= 11 is 5.92. The Labute approximate surface area is 197 Å². The number of urea groups is 1. The maximum absolute atomic E-state index is 13.0. The summed E-state index contributed by atoms with van der Waals surface area (Å²) in [5.41, 5.74) is 1.90. The van der Waals surface area contributed by atoms with E-state index in [2.05, 4.69) is 10.6 Å². The second-order valence-corrected chi connectivity index (χ2v) is 8.35. The van der Waals surface area contributed by atoms with Crippen molar-refractivity contribution in [2.24, 2.45) is 0 Å². The van der Waals surface area contributed by atoms with Gasteiger partial charge in [0.05, 0.1) is 5.56 Å². The Morgan fingerprint density at radius 3 is 2.06 bits per heavy atom. The number of para-hydroxylation sites is 1. The molecule has 0 spiro atoms. The van der Waals surface area contributed by atoms with Gasteiger partial charge in [0.15, 0.2) is 5.78 Å². The van der Waals surface area contributed by atoms with Crippen LogP contribution in [0.25, 0.3) is 0 Å². The maximum Gasteiger partial charge on any atom is 0.321 e. The predicted molar refractivity (Wildman–Crippen MR) is 129 cm³/mol. The number of nitrogens with zero attached hydrogens (tertiary/aromatic N) is 1. The minimum atomic E-state index is -0.292. The van der Waals surface area contributed by atoms with Gasteiger partial charge in [-0.25, -0.2) is 4.79 Å². The normalized spacial score (nSPS) is 13.9. The van der Waals surface area contributed by atoms with Crippen molar-refractivity contribution in [3.05, 3.63) is 101 Å². The lowest BCUT2D eigenvalue weighted by Gasteiger charge is -2.32. The molecular weight excluding hydrogens is 438 g/mol. The Balaban J connectivity index is 1.36. The third-order valence-corrected chi connectivity index (χ3v) is 5.92. The molecule has 1 aliphatic rings. The zero-order valence-electron chi connectivity index (χ0n) is 18.0. The van der Waals surface area contributed by atoms with Crippen LogP contribution in [0.15, 0.2) is 78.9 Å². The van der Waals surface area contributed by atoms with Crippen LogP contribution in [0.2, 0.25) is 5.02 Å².